The van der Waals surface area contributed by atoms with Crippen LogP contribution in [0.15, 0.2) is 42.5 Å². The van der Waals surface area contributed by atoms with E-state index in [0.29, 0.717) is 11.1 Å². The Morgan fingerprint density at radius 1 is 1.27 bits per heavy atom. The number of nitro groups is 1. The molecule has 110 valence electrons. The number of amides is 1. The molecule has 0 heterocycles. The Morgan fingerprint density at radius 3 is 2.50 bits per heavy atom. The molecule has 0 unspecified atom stereocenters. The fourth-order valence-electron chi connectivity index (χ4n) is 1.90. The molecular weight excluding hydrogens is 284 g/mol. The number of hydrogen-bond acceptors (Lipinski definition) is 5. The molecule has 3 N–H and O–H groups in total. The molecule has 2 rings (SSSR count). The minimum Gasteiger partial charge on any atom is -0.381 e. The third kappa shape index (κ3) is 3.37. The lowest BCUT2D eigenvalue weighted by atomic mass is 10.1. The van der Waals surface area contributed by atoms with Crippen LogP contribution in [-0.4, -0.2) is 10.8 Å². The van der Waals surface area contributed by atoms with Gasteiger partial charge in [-0.2, -0.15) is 5.26 Å². The molecule has 0 aromatic heterocycles. The molecule has 0 saturated heterocycles. The molecule has 0 aliphatic carbocycles. The van der Waals surface area contributed by atoms with Crippen LogP contribution in [0.5, 0.6) is 0 Å². The van der Waals surface area contributed by atoms with Gasteiger partial charge >= 0.3 is 0 Å². The maximum Gasteiger partial charge on any atom is 0.275 e. The number of nitrogens with one attached hydrogen (secondary N) is 1. The highest BCUT2D eigenvalue weighted by molar-refractivity contribution is 5.93. The van der Waals surface area contributed by atoms with Crippen molar-refractivity contribution < 1.29 is 9.72 Å². The highest BCUT2D eigenvalue weighted by Crippen LogP contribution is 2.21. The summed E-state index contributed by atoms with van der Waals surface area (Å²) in [5.41, 5.74) is 6.73. The predicted molar refractivity (Wildman–Crippen MR) is 80.1 cm³/mol. The van der Waals surface area contributed by atoms with Crippen LogP contribution in [-0.2, 0) is 6.54 Å². The molecule has 0 fully saturated rings. The molecule has 22 heavy (non-hydrogen) atoms. The van der Waals surface area contributed by atoms with Gasteiger partial charge in [-0.25, -0.2) is 0 Å². The Balaban J connectivity index is 2.19. The van der Waals surface area contributed by atoms with Gasteiger partial charge in [-0.15, -0.1) is 0 Å². The zero-order valence-electron chi connectivity index (χ0n) is 11.4. The number of carbonyl (C=O) groups is 1. The van der Waals surface area contributed by atoms with E-state index in [4.69, 9.17) is 11.0 Å². The van der Waals surface area contributed by atoms with Gasteiger partial charge in [0.05, 0.1) is 16.6 Å². The molecule has 0 radical (unpaired) electrons. The number of primary amides is 1. The highest BCUT2D eigenvalue weighted by atomic mass is 16.6. The molecule has 0 saturated carbocycles. The number of rotatable bonds is 5. The quantitative estimate of drug-likeness (QED) is 0.646. The van der Waals surface area contributed by atoms with E-state index >= 15 is 0 Å². The molecule has 7 nitrogen and oxygen atoms in total. The standard InChI is InChI=1S/C15H12N4O3/c16-8-10-1-5-13(6-2-10)18-9-12-4-3-11(15(17)20)7-14(12)19(21)22/h1-7,18H,9H2,(H2,17,20). The lowest BCUT2D eigenvalue weighted by Crippen LogP contribution is -2.12. The van der Waals surface area contributed by atoms with Crippen LogP contribution in [0.4, 0.5) is 11.4 Å². The van der Waals surface area contributed by atoms with Crippen molar-refractivity contribution in [2.45, 2.75) is 6.54 Å². The zero-order valence-corrected chi connectivity index (χ0v) is 11.4. The second-order valence-corrected chi connectivity index (χ2v) is 4.51. The summed E-state index contributed by atoms with van der Waals surface area (Å²) in [7, 11) is 0. The molecule has 0 spiro atoms. The lowest BCUT2D eigenvalue weighted by Gasteiger charge is -2.08. The van der Waals surface area contributed by atoms with Gasteiger partial charge in [0, 0.05) is 29.4 Å². The first-order valence-corrected chi connectivity index (χ1v) is 6.32. The van der Waals surface area contributed by atoms with Crippen molar-refractivity contribution >= 4 is 17.3 Å². The van der Waals surface area contributed by atoms with Crippen molar-refractivity contribution in [2.75, 3.05) is 5.32 Å². The Bertz CT molecular complexity index is 763. The van der Waals surface area contributed by atoms with Crippen LogP contribution in [0.2, 0.25) is 0 Å². The Kier molecular flexibility index (Phi) is 4.34. The molecule has 2 aromatic carbocycles. The number of nitriles is 1. The maximum atomic E-state index is 11.1. The summed E-state index contributed by atoms with van der Waals surface area (Å²) < 4.78 is 0. The van der Waals surface area contributed by atoms with Crippen molar-refractivity contribution in [3.05, 3.63) is 69.3 Å². The first-order chi connectivity index (χ1) is 10.5. The molecule has 0 atom stereocenters. The molecule has 0 aliphatic heterocycles. The lowest BCUT2D eigenvalue weighted by molar-refractivity contribution is -0.385. The normalized spacial score (nSPS) is 9.77. The predicted octanol–water partition coefficient (Wildman–Crippen LogP) is 2.18. The SMILES string of the molecule is N#Cc1ccc(NCc2ccc(C(N)=O)cc2[N+](=O)[O-])cc1. The minimum atomic E-state index is -0.713. The first-order valence-electron chi connectivity index (χ1n) is 6.32. The number of anilines is 1. The first kappa shape index (κ1) is 15.0. The van der Waals surface area contributed by atoms with Crippen molar-refractivity contribution in [3.8, 4) is 6.07 Å². The van der Waals surface area contributed by atoms with E-state index in [0.717, 1.165) is 11.8 Å². The van der Waals surface area contributed by atoms with E-state index in [1.165, 1.54) is 12.1 Å². The van der Waals surface area contributed by atoms with Gasteiger partial charge in [0.15, 0.2) is 0 Å². The van der Waals surface area contributed by atoms with Crippen molar-refractivity contribution in [3.63, 3.8) is 0 Å². The van der Waals surface area contributed by atoms with E-state index in [1.807, 2.05) is 6.07 Å². The molecule has 7 heteroatoms. The van der Waals surface area contributed by atoms with Crippen LogP contribution in [0.1, 0.15) is 21.5 Å². The number of benzene rings is 2. The van der Waals surface area contributed by atoms with Crippen molar-refractivity contribution in [2.24, 2.45) is 5.73 Å². The average molecular weight is 296 g/mol. The largest absolute Gasteiger partial charge is 0.381 e. The Morgan fingerprint density at radius 2 is 1.95 bits per heavy atom. The van der Waals surface area contributed by atoms with Gasteiger partial charge in [-0.3, -0.25) is 14.9 Å². The third-order valence-electron chi connectivity index (χ3n) is 3.06. The summed E-state index contributed by atoms with van der Waals surface area (Å²) in [4.78, 5) is 21.6. The number of nitrogens with two attached hydrogens (primary N) is 1. The van der Waals surface area contributed by atoms with Crippen LogP contribution in [0, 0.1) is 21.4 Å². The molecule has 0 aliphatic rings. The average Bonchev–Trinajstić information content (AvgIpc) is 2.53. The van der Waals surface area contributed by atoms with Crippen LogP contribution in [0.3, 0.4) is 0 Å². The topological polar surface area (TPSA) is 122 Å². The van der Waals surface area contributed by atoms with Gasteiger partial charge in [0.25, 0.3) is 5.69 Å². The third-order valence-corrected chi connectivity index (χ3v) is 3.06. The summed E-state index contributed by atoms with van der Waals surface area (Å²) in [5.74, 6) is -0.713. The van der Waals surface area contributed by atoms with Crippen molar-refractivity contribution in [1.82, 2.24) is 0 Å². The van der Waals surface area contributed by atoms with E-state index in [2.05, 4.69) is 5.32 Å². The van der Waals surface area contributed by atoms with Crippen molar-refractivity contribution in [1.29, 1.82) is 5.26 Å². The fourth-order valence-corrected chi connectivity index (χ4v) is 1.90. The minimum absolute atomic E-state index is 0.0915. The maximum absolute atomic E-state index is 11.1. The van der Waals surface area contributed by atoms with E-state index in [1.54, 1.807) is 24.3 Å². The van der Waals surface area contributed by atoms with Crippen LogP contribution >= 0.6 is 0 Å². The van der Waals surface area contributed by atoms with Gasteiger partial charge < -0.3 is 11.1 Å². The van der Waals surface area contributed by atoms with Gasteiger partial charge in [0.1, 0.15) is 0 Å². The Labute approximate surface area is 126 Å². The van der Waals surface area contributed by atoms with E-state index < -0.39 is 10.8 Å². The second-order valence-electron chi connectivity index (χ2n) is 4.51. The summed E-state index contributed by atoms with van der Waals surface area (Å²) in [5, 5.41) is 22.8. The van der Waals surface area contributed by atoms with E-state index in [9.17, 15) is 14.9 Å². The van der Waals surface area contributed by atoms with Gasteiger partial charge in [0.2, 0.25) is 5.91 Å². The number of carbonyl (C=O) groups excluding carboxylic acids is 1. The molecule has 0 bridgehead atoms. The fraction of sp³-hybridized carbons (Fsp3) is 0.0667. The van der Waals surface area contributed by atoms with Gasteiger partial charge in [-0.05, 0) is 36.4 Å². The van der Waals surface area contributed by atoms with Crippen LogP contribution in [0.25, 0.3) is 0 Å². The number of nitrogens with zero attached hydrogens (tertiary/aromatic N) is 2. The van der Waals surface area contributed by atoms with Crippen LogP contribution < -0.4 is 11.1 Å². The van der Waals surface area contributed by atoms with E-state index in [-0.39, 0.29) is 17.8 Å². The monoisotopic (exact) mass is 296 g/mol. The Hall–Kier alpha value is -3.40. The summed E-state index contributed by atoms with van der Waals surface area (Å²) in [6.07, 6.45) is 0. The summed E-state index contributed by atoms with van der Waals surface area (Å²) >= 11 is 0. The summed E-state index contributed by atoms with van der Waals surface area (Å²) in [6.45, 7) is 0.210. The summed E-state index contributed by atoms with van der Waals surface area (Å²) in [6, 6.07) is 12.8. The second kappa shape index (κ2) is 6.37. The molecule has 1 amide bonds. The van der Waals surface area contributed by atoms with Gasteiger partial charge in [-0.1, -0.05) is 0 Å². The highest BCUT2D eigenvalue weighted by Gasteiger charge is 2.16. The zero-order chi connectivity index (χ0) is 16.1. The smallest absolute Gasteiger partial charge is 0.275 e. The molecule has 2 aromatic rings. The number of hydrogen-bond donors (Lipinski definition) is 2. The molecular formula is C15H12N4O3. The number of nitro benzene ring substituents is 1.